The van der Waals surface area contributed by atoms with Crippen LogP contribution in [0, 0.1) is 0 Å². The lowest BCUT2D eigenvalue weighted by Gasteiger charge is -2.43. The second-order valence-electron chi connectivity index (χ2n) is 7.78. The lowest BCUT2D eigenvalue weighted by atomic mass is 9.76. The summed E-state index contributed by atoms with van der Waals surface area (Å²) in [6, 6.07) is 5.66. The number of methoxy groups -OCH3 is 2. The minimum atomic E-state index is -4.84. The maximum atomic E-state index is 14.2. The van der Waals surface area contributed by atoms with Crippen LogP contribution in [0.5, 0.6) is 0 Å². The minimum Gasteiger partial charge on any atom is -0.465 e. The van der Waals surface area contributed by atoms with Gasteiger partial charge in [-0.25, -0.2) is 4.79 Å². The van der Waals surface area contributed by atoms with E-state index in [-0.39, 0.29) is 35.7 Å². The summed E-state index contributed by atoms with van der Waals surface area (Å²) in [5, 5.41) is 18.3. The van der Waals surface area contributed by atoms with Gasteiger partial charge in [-0.2, -0.15) is 18.3 Å². The monoisotopic (exact) mass is 485 g/mol. The number of nitrogens with zero attached hydrogens (tertiary/aromatic N) is 3. The van der Waals surface area contributed by atoms with Crippen LogP contribution < -0.4 is 0 Å². The number of aromatic nitrogens is 3. The molecule has 0 bridgehead atoms. The number of benzene rings is 1. The lowest BCUT2D eigenvalue weighted by Crippen LogP contribution is -2.49. The second kappa shape index (κ2) is 8.47. The van der Waals surface area contributed by atoms with E-state index in [0.29, 0.717) is 5.56 Å². The van der Waals surface area contributed by atoms with Gasteiger partial charge in [-0.3, -0.25) is 4.68 Å². The fourth-order valence-electron chi connectivity index (χ4n) is 4.07. The number of hydrogen-bond donors (Lipinski definition) is 1. The van der Waals surface area contributed by atoms with Crippen molar-refractivity contribution in [2.24, 2.45) is 0 Å². The van der Waals surface area contributed by atoms with Crippen molar-refractivity contribution in [3.05, 3.63) is 46.7 Å². The van der Waals surface area contributed by atoms with Gasteiger partial charge >= 0.3 is 12.1 Å². The normalized spacial score (nSPS) is 20.5. The first kappa shape index (κ1) is 23.3. The fraction of sp³-hybridized carbons (Fsp3) is 0.381. The van der Waals surface area contributed by atoms with E-state index >= 15 is 0 Å². The summed E-state index contributed by atoms with van der Waals surface area (Å²) < 4.78 is 58.2. The highest BCUT2D eigenvalue weighted by Gasteiger charge is 2.49. The van der Waals surface area contributed by atoms with Crippen LogP contribution >= 0.6 is 11.6 Å². The van der Waals surface area contributed by atoms with E-state index in [1.165, 1.54) is 7.11 Å². The first-order chi connectivity index (χ1) is 15.6. The van der Waals surface area contributed by atoms with Crippen LogP contribution in [0.2, 0.25) is 5.02 Å². The van der Waals surface area contributed by atoms with E-state index in [0.717, 1.165) is 18.0 Å². The zero-order chi connectivity index (χ0) is 24.0. The van der Waals surface area contributed by atoms with E-state index in [1.54, 1.807) is 24.3 Å². The molecule has 2 aromatic heterocycles. The Hall–Kier alpha value is -2.89. The largest absolute Gasteiger partial charge is 0.465 e. The highest BCUT2D eigenvalue weighted by Crippen LogP contribution is 2.47. The van der Waals surface area contributed by atoms with Crippen molar-refractivity contribution < 1.29 is 37.1 Å². The molecule has 8 nitrogen and oxygen atoms in total. The Bertz CT molecular complexity index is 1180. The molecular formula is C21H19ClF3N3O5. The maximum absolute atomic E-state index is 14.2. The van der Waals surface area contributed by atoms with Crippen molar-refractivity contribution in [2.45, 2.75) is 30.7 Å². The molecule has 0 unspecified atom stereocenters. The van der Waals surface area contributed by atoms with Gasteiger partial charge in [-0.05, 0) is 6.07 Å². The Morgan fingerprint density at radius 1 is 1.30 bits per heavy atom. The number of halogens is 4. The van der Waals surface area contributed by atoms with Crippen molar-refractivity contribution in [3.63, 3.8) is 0 Å². The number of alkyl halides is 3. The molecule has 4 rings (SSSR count). The molecule has 176 valence electrons. The van der Waals surface area contributed by atoms with Gasteiger partial charge in [0.25, 0.3) is 0 Å². The van der Waals surface area contributed by atoms with Crippen LogP contribution in [0.3, 0.4) is 0 Å². The quantitative estimate of drug-likeness (QED) is 0.517. The number of aliphatic hydroxyl groups is 1. The van der Waals surface area contributed by atoms with E-state index in [4.69, 9.17) is 25.6 Å². The van der Waals surface area contributed by atoms with Crippen LogP contribution in [-0.2, 0) is 15.7 Å². The van der Waals surface area contributed by atoms with Gasteiger partial charge in [0.05, 0.1) is 42.1 Å². The average Bonchev–Trinajstić information content (AvgIpc) is 3.36. The number of esters is 1. The van der Waals surface area contributed by atoms with Crippen LogP contribution in [0.4, 0.5) is 13.2 Å². The maximum Gasteiger partial charge on any atom is 0.433 e. The third-order valence-electron chi connectivity index (χ3n) is 5.51. The molecule has 1 aliphatic carbocycles. The molecule has 12 heteroatoms. The Kier molecular flexibility index (Phi) is 5.97. The number of carbonyl (C=O) groups excluding carboxylic acids is 1. The molecule has 0 radical (unpaired) electrons. The number of hydrogen-bond acceptors (Lipinski definition) is 7. The Morgan fingerprint density at radius 3 is 2.61 bits per heavy atom. The van der Waals surface area contributed by atoms with Gasteiger partial charge < -0.3 is 19.1 Å². The molecule has 0 spiro atoms. The number of rotatable bonds is 6. The fourth-order valence-corrected chi connectivity index (χ4v) is 4.29. The zero-order valence-electron chi connectivity index (χ0n) is 17.5. The molecule has 0 atom stereocenters. The van der Waals surface area contributed by atoms with Gasteiger partial charge in [0.1, 0.15) is 11.3 Å². The summed E-state index contributed by atoms with van der Waals surface area (Å²) in [6.07, 6.45) is -3.84. The van der Waals surface area contributed by atoms with Gasteiger partial charge in [0.2, 0.25) is 0 Å². The minimum absolute atomic E-state index is 0.00519. The average molecular weight is 486 g/mol. The molecule has 3 aromatic rings. The standard InChI is InChI=1S/C21H19ClF3N3O5/c1-31-10-20(30)7-11(8-20)28-18(21(23,24)25)13(9-26-28)17-15(19(29)32-2)16(27-33-17)12-5-3-4-6-14(12)22/h3-6,9,11,30H,7-8,10H2,1-2H3/t11-,20+. The third-order valence-corrected chi connectivity index (χ3v) is 5.84. The highest BCUT2D eigenvalue weighted by molar-refractivity contribution is 6.33. The van der Waals surface area contributed by atoms with Crippen molar-refractivity contribution in [2.75, 3.05) is 20.8 Å². The Labute approximate surface area is 190 Å². The zero-order valence-corrected chi connectivity index (χ0v) is 18.3. The number of carbonyl (C=O) groups is 1. The molecule has 1 N–H and O–H groups in total. The molecule has 1 saturated carbocycles. The molecule has 1 aromatic carbocycles. The van der Waals surface area contributed by atoms with Gasteiger partial charge in [0.15, 0.2) is 11.5 Å². The van der Waals surface area contributed by atoms with E-state index in [1.807, 2.05) is 0 Å². The summed E-state index contributed by atoms with van der Waals surface area (Å²) in [6.45, 7) is -0.00519. The van der Waals surface area contributed by atoms with Crippen molar-refractivity contribution in [1.82, 2.24) is 14.9 Å². The summed E-state index contributed by atoms with van der Waals surface area (Å²) >= 11 is 6.20. The van der Waals surface area contributed by atoms with Crippen LogP contribution in [0.25, 0.3) is 22.6 Å². The van der Waals surface area contributed by atoms with Crippen LogP contribution in [0.1, 0.15) is 34.9 Å². The van der Waals surface area contributed by atoms with Gasteiger partial charge in [-0.1, -0.05) is 35.0 Å². The smallest absolute Gasteiger partial charge is 0.433 e. The van der Waals surface area contributed by atoms with Crippen molar-refractivity contribution in [1.29, 1.82) is 0 Å². The SMILES string of the molecule is COC[C@]1(O)C[C@@H](n2ncc(-c3onc(-c4ccccc4Cl)c3C(=O)OC)c2C(F)(F)F)C1. The number of ether oxygens (including phenoxy) is 2. The van der Waals surface area contributed by atoms with Crippen molar-refractivity contribution >= 4 is 17.6 Å². The lowest BCUT2D eigenvalue weighted by molar-refractivity contribution is -0.153. The van der Waals surface area contributed by atoms with E-state index in [2.05, 4.69) is 10.3 Å². The predicted octanol–water partition coefficient (Wildman–Crippen LogP) is 4.38. The summed E-state index contributed by atoms with van der Waals surface area (Å²) in [5.41, 5.74) is -2.90. The first-order valence-electron chi connectivity index (χ1n) is 9.79. The first-order valence-corrected chi connectivity index (χ1v) is 10.2. The highest BCUT2D eigenvalue weighted by atomic mass is 35.5. The molecule has 0 amide bonds. The molecule has 1 aliphatic rings. The van der Waals surface area contributed by atoms with Crippen LogP contribution in [0.15, 0.2) is 35.0 Å². The van der Waals surface area contributed by atoms with Crippen molar-refractivity contribution in [3.8, 4) is 22.6 Å². The molecule has 1 fully saturated rings. The summed E-state index contributed by atoms with van der Waals surface area (Å²) in [4.78, 5) is 12.6. The van der Waals surface area contributed by atoms with Gasteiger partial charge in [-0.15, -0.1) is 0 Å². The molecule has 0 saturated heterocycles. The topological polar surface area (TPSA) is 99.6 Å². The second-order valence-corrected chi connectivity index (χ2v) is 8.18. The molecular weight excluding hydrogens is 467 g/mol. The molecule has 33 heavy (non-hydrogen) atoms. The summed E-state index contributed by atoms with van der Waals surface area (Å²) in [7, 11) is 2.49. The van der Waals surface area contributed by atoms with E-state index < -0.39 is 40.8 Å². The van der Waals surface area contributed by atoms with E-state index in [9.17, 15) is 23.1 Å². The molecule has 0 aliphatic heterocycles. The van der Waals surface area contributed by atoms with Crippen LogP contribution in [-0.4, -0.2) is 52.4 Å². The van der Waals surface area contributed by atoms with Gasteiger partial charge in [0, 0.05) is 25.5 Å². The Balaban J connectivity index is 1.84. The summed E-state index contributed by atoms with van der Waals surface area (Å²) in [5.74, 6) is -1.39. The Morgan fingerprint density at radius 2 is 2.00 bits per heavy atom. The predicted molar refractivity (Wildman–Crippen MR) is 110 cm³/mol. The third kappa shape index (κ3) is 4.11. The molecule has 2 heterocycles.